The molecule has 1 aliphatic carbocycles. The van der Waals surface area contributed by atoms with Crippen LogP contribution >= 0.6 is 0 Å². The molecule has 0 unspecified atom stereocenters. The van der Waals surface area contributed by atoms with Gasteiger partial charge in [0.25, 0.3) is 0 Å². The van der Waals surface area contributed by atoms with Crippen LogP contribution in [0.3, 0.4) is 0 Å². The Bertz CT molecular complexity index is 501. The summed E-state index contributed by atoms with van der Waals surface area (Å²) >= 11 is 0. The van der Waals surface area contributed by atoms with E-state index in [0.29, 0.717) is 12.1 Å². The summed E-state index contributed by atoms with van der Waals surface area (Å²) in [4.78, 5) is 7.14. The zero-order valence-corrected chi connectivity index (χ0v) is 11.1. The molecule has 0 bridgehead atoms. The number of hydrogen-bond acceptors (Lipinski definition) is 3. The van der Waals surface area contributed by atoms with Gasteiger partial charge >= 0.3 is 0 Å². The SMILES string of the molecule is CCOC1CC(Nc2ccc(-c3cnc[nH]3)cc2)C1. The quantitative estimate of drug-likeness (QED) is 0.865. The lowest BCUT2D eigenvalue weighted by atomic mass is 9.89. The number of rotatable bonds is 5. The van der Waals surface area contributed by atoms with E-state index in [2.05, 4.69) is 46.5 Å². The number of nitrogens with one attached hydrogen (secondary N) is 2. The Kier molecular flexibility index (Phi) is 3.51. The van der Waals surface area contributed by atoms with Crippen molar-refractivity contribution in [2.75, 3.05) is 11.9 Å². The average molecular weight is 257 g/mol. The standard InChI is InChI=1S/C15H19N3O/c1-2-19-14-7-13(8-14)18-12-5-3-11(4-6-12)15-9-16-10-17-15/h3-6,9-10,13-14,18H,2,7-8H2,1H3,(H,16,17). The number of imidazole rings is 1. The van der Waals surface area contributed by atoms with E-state index in [0.717, 1.165) is 30.7 Å². The summed E-state index contributed by atoms with van der Waals surface area (Å²) in [6, 6.07) is 8.99. The average Bonchev–Trinajstić information content (AvgIpc) is 2.91. The van der Waals surface area contributed by atoms with Crippen molar-refractivity contribution in [1.29, 1.82) is 0 Å². The first-order valence-electron chi connectivity index (χ1n) is 6.82. The van der Waals surface area contributed by atoms with Crippen LogP contribution in [0.2, 0.25) is 0 Å². The minimum Gasteiger partial charge on any atom is -0.382 e. The van der Waals surface area contributed by atoms with Gasteiger partial charge in [-0.25, -0.2) is 4.98 Å². The molecule has 0 atom stereocenters. The summed E-state index contributed by atoms with van der Waals surface area (Å²) in [7, 11) is 0. The number of benzene rings is 1. The van der Waals surface area contributed by atoms with Crippen LogP contribution in [0.1, 0.15) is 19.8 Å². The van der Waals surface area contributed by atoms with E-state index in [-0.39, 0.29) is 0 Å². The van der Waals surface area contributed by atoms with Crippen LogP contribution in [-0.4, -0.2) is 28.7 Å². The molecular formula is C15H19N3O. The molecule has 2 N–H and O–H groups in total. The van der Waals surface area contributed by atoms with Crippen LogP contribution in [0.15, 0.2) is 36.8 Å². The molecule has 0 spiro atoms. The Morgan fingerprint density at radius 2 is 2.11 bits per heavy atom. The second kappa shape index (κ2) is 5.45. The van der Waals surface area contributed by atoms with Crippen LogP contribution in [0.4, 0.5) is 5.69 Å². The summed E-state index contributed by atoms with van der Waals surface area (Å²) in [6.45, 7) is 2.87. The number of H-pyrrole nitrogens is 1. The van der Waals surface area contributed by atoms with Gasteiger partial charge in [0, 0.05) is 18.3 Å². The summed E-state index contributed by atoms with van der Waals surface area (Å²) in [6.07, 6.45) is 6.20. The van der Waals surface area contributed by atoms with E-state index >= 15 is 0 Å². The van der Waals surface area contributed by atoms with E-state index in [1.54, 1.807) is 6.33 Å². The molecule has 1 heterocycles. The highest BCUT2D eigenvalue weighted by Crippen LogP contribution is 2.27. The highest BCUT2D eigenvalue weighted by Gasteiger charge is 2.29. The maximum atomic E-state index is 5.56. The third-order valence-corrected chi connectivity index (χ3v) is 3.56. The molecular weight excluding hydrogens is 238 g/mol. The number of anilines is 1. The molecule has 1 fully saturated rings. The van der Waals surface area contributed by atoms with Gasteiger partial charge in [0.2, 0.25) is 0 Å². The van der Waals surface area contributed by atoms with Crippen LogP contribution < -0.4 is 5.32 Å². The fraction of sp³-hybridized carbons (Fsp3) is 0.400. The fourth-order valence-electron chi connectivity index (χ4n) is 2.45. The predicted molar refractivity (Wildman–Crippen MR) is 76.1 cm³/mol. The van der Waals surface area contributed by atoms with Gasteiger partial charge in [0.1, 0.15) is 0 Å². The van der Waals surface area contributed by atoms with Crippen molar-refractivity contribution in [2.45, 2.75) is 31.9 Å². The van der Waals surface area contributed by atoms with Gasteiger partial charge in [-0.15, -0.1) is 0 Å². The Morgan fingerprint density at radius 3 is 2.74 bits per heavy atom. The van der Waals surface area contributed by atoms with E-state index in [1.807, 2.05) is 6.20 Å². The second-order valence-corrected chi connectivity index (χ2v) is 4.93. The Hall–Kier alpha value is -1.81. The number of hydrogen-bond donors (Lipinski definition) is 2. The maximum Gasteiger partial charge on any atom is 0.0924 e. The molecule has 0 aliphatic heterocycles. The molecule has 4 nitrogen and oxygen atoms in total. The number of nitrogens with zero attached hydrogens (tertiary/aromatic N) is 1. The zero-order chi connectivity index (χ0) is 13.1. The lowest BCUT2D eigenvalue weighted by Gasteiger charge is -2.36. The summed E-state index contributed by atoms with van der Waals surface area (Å²) in [5.74, 6) is 0. The molecule has 100 valence electrons. The van der Waals surface area contributed by atoms with E-state index in [9.17, 15) is 0 Å². The van der Waals surface area contributed by atoms with Crippen LogP contribution in [0.25, 0.3) is 11.3 Å². The Morgan fingerprint density at radius 1 is 1.32 bits per heavy atom. The molecule has 0 amide bonds. The van der Waals surface area contributed by atoms with Crippen LogP contribution in [-0.2, 0) is 4.74 Å². The van der Waals surface area contributed by atoms with Crippen molar-refractivity contribution in [3.8, 4) is 11.3 Å². The molecule has 0 saturated heterocycles. The fourth-order valence-corrected chi connectivity index (χ4v) is 2.45. The van der Waals surface area contributed by atoms with Crippen LogP contribution in [0.5, 0.6) is 0 Å². The second-order valence-electron chi connectivity index (χ2n) is 4.93. The number of aromatic amines is 1. The largest absolute Gasteiger partial charge is 0.382 e. The van der Waals surface area contributed by atoms with Gasteiger partial charge in [0.15, 0.2) is 0 Å². The predicted octanol–water partition coefficient (Wildman–Crippen LogP) is 3.06. The van der Waals surface area contributed by atoms with Gasteiger partial charge in [0.05, 0.1) is 24.3 Å². The highest BCUT2D eigenvalue weighted by atomic mass is 16.5. The first-order chi connectivity index (χ1) is 9.35. The van der Waals surface area contributed by atoms with Crippen LogP contribution in [0, 0.1) is 0 Å². The molecule has 19 heavy (non-hydrogen) atoms. The molecule has 1 saturated carbocycles. The van der Waals surface area contributed by atoms with Gasteiger partial charge < -0.3 is 15.0 Å². The molecule has 1 aliphatic rings. The Labute approximate surface area is 113 Å². The maximum absolute atomic E-state index is 5.56. The molecule has 3 rings (SSSR count). The molecule has 1 aromatic heterocycles. The topological polar surface area (TPSA) is 49.9 Å². The van der Waals surface area contributed by atoms with E-state index in [4.69, 9.17) is 4.74 Å². The minimum atomic E-state index is 0.451. The van der Waals surface area contributed by atoms with Crippen molar-refractivity contribution in [3.63, 3.8) is 0 Å². The van der Waals surface area contributed by atoms with Crippen molar-refractivity contribution >= 4 is 5.69 Å². The lowest BCUT2D eigenvalue weighted by molar-refractivity contribution is 0.00299. The summed E-state index contributed by atoms with van der Waals surface area (Å²) < 4.78 is 5.56. The first-order valence-corrected chi connectivity index (χ1v) is 6.82. The van der Waals surface area contributed by atoms with Crippen molar-refractivity contribution in [3.05, 3.63) is 36.8 Å². The normalized spacial score (nSPS) is 21.9. The number of ether oxygens (including phenoxy) is 1. The molecule has 0 radical (unpaired) electrons. The van der Waals surface area contributed by atoms with Crippen molar-refractivity contribution < 1.29 is 4.74 Å². The smallest absolute Gasteiger partial charge is 0.0924 e. The minimum absolute atomic E-state index is 0.451. The van der Waals surface area contributed by atoms with Gasteiger partial charge in [-0.3, -0.25) is 0 Å². The molecule has 4 heteroatoms. The summed E-state index contributed by atoms with van der Waals surface area (Å²) in [5.41, 5.74) is 3.37. The lowest BCUT2D eigenvalue weighted by Crippen LogP contribution is -2.40. The van der Waals surface area contributed by atoms with Gasteiger partial charge in [-0.1, -0.05) is 12.1 Å². The van der Waals surface area contributed by atoms with Gasteiger partial charge in [-0.2, -0.15) is 0 Å². The monoisotopic (exact) mass is 257 g/mol. The van der Waals surface area contributed by atoms with E-state index < -0.39 is 0 Å². The number of aromatic nitrogens is 2. The summed E-state index contributed by atoms with van der Waals surface area (Å²) in [5, 5.41) is 3.53. The third kappa shape index (κ3) is 2.79. The zero-order valence-electron chi connectivity index (χ0n) is 11.1. The van der Waals surface area contributed by atoms with Crippen molar-refractivity contribution in [1.82, 2.24) is 9.97 Å². The molecule has 1 aromatic carbocycles. The van der Waals surface area contributed by atoms with E-state index in [1.165, 1.54) is 5.69 Å². The van der Waals surface area contributed by atoms with Crippen molar-refractivity contribution in [2.24, 2.45) is 0 Å². The molecule has 2 aromatic rings. The third-order valence-electron chi connectivity index (χ3n) is 3.56. The highest BCUT2D eigenvalue weighted by molar-refractivity contribution is 5.62. The van der Waals surface area contributed by atoms with Gasteiger partial charge in [-0.05, 0) is 37.5 Å². The first kappa shape index (κ1) is 12.2. The Balaban J connectivity index is 1.56.